The van der Waals surface area contributed by atoms with Crippen LogP contribution in [0.25, 0.3) is 22.4 Å². The van der Waals surface area contributed by atoms with Gasteiger partial charge in [0, 0.05) is 35.8 Å². The summed E-state index contributed by atoms with van der Waals surface area (Å²) in [7, 11) is 1.98. The average molecular weight is 255 g/mol. The molecule has 0 unspecified atom stereocenters. The Morgan fingerprint density at radius 3 is 2.68 bits per heavy atom. The van der Waals surface area contributed by atoms with Gasteiger partial charge in [0.1, 0.15) is 11.5 Å². The number of aromatic nitrogens is 5. The molecule has 0 amide bonds. The van der Waals surface area contributed by atoms with Gasteiger partial charge < -0.3 is 4.57 Å². The molecule has 19 heavy (non-hydrogen) atoms. The Labute approximate surface area is 111 Å². The average Bonchev–Trinajstić information content (AvgIpc) is 2.96. The number of H-pyrrole nitrogens is 1. The van der Waals surface area contributed by atoms with Gasteiger partial charge in [0.05, 0.1) is 0 Å². The zero-order valence-corrected chi connectivity index (χ0v) is 11.6. The summed E-state index contributed by atoms with van der Waals surface area (Å²) in [6.45, 7) is 6.34. The molecule has 3 rings (SSSR count). The van der Waals surface area contributed by atoms with E-state index in [0.717, 1.165) is 28.2 Å². The number of hydrogen-bond acceptors (Lipinski definition) is 3. The molecule has 0 atom stereocenters. The van der Waals surface area contributed by atoms with E-state index in [1.165, 1.54) is 0 Å². The Hall–Kier alpha value is -2.17. The van der Waals surface area contributed by atoms with Crippen LogP contribution in [0.5, 0.6) is 0 Å². The smallest absolute Gasteiger partial charge is 0.181 e. The van der Waals surface area contributed by atoms with E-state index in [0.29, 0.717) is 0 Å². The molecule has 0 bridgehead atoms. The van der Waals surface area contributed by atoms with Crippen molar-refractivity contribution >= 4 is 11.0 Å². The van der Waals surface area contributed by atoms with Crippen LogP contribution in [-0.4, -0.2) is 24.7 Å². The zero-order valence-electron chi connectivity index (χ0n) is 11.6. The second kappa shape index (κ2) is 3.91. The lowest BCUT2D eigenvalue weighted by Gasteiger charge is -2.12. The Balaban J connectivity index is 2.17. The van der Waals surface area contributed by atoms with Crippen molar-refractivity contribution in [2.45, 2.75) is 26.2 Å². The molecule has 0 aromatic carbocycles. The minimum atomic E-state index is -0.0336. The highest BCUT2D eigenvalue weighted by Gasteiger charge is 2.20. The van der Waals surface area contributed by atoms with Crippen molar-refractivity contribution in [3.63, 3.8) is 0 Å². The summed E-state index contributed by atoms with van der Waals surface area (Å²) in [5, 5.41) is 8.44. The second-order valence-electron chi connectivity index (χ2n) is 5.78. The zero-order chi connectivity index (χ0) is 13.6. The first-order valence-electron chi connectivity index (χ1n) is 6.30. The molecule has 0 saturated carbocycles. The molecule has 0 aliphatic heterocycles. The Morgan fingerprint density at radius 1 is 1.21 bits per heavy atom. The third-order valence-corrected chi connectivity index (χ3v) is 3.20. The first kappa shape index (κ1) is 11.9. The maximum Gasteiger partial charge on any atom is 0.181 e. The van der Waals surface area contributed by atoms with Crippen LogP contribution in [0, 0.1) is 0 Å². The van der Waals surface area contributed by atoms with Crippen LogP contribution in [0.4, 0.5) is 0 Å². The van der Waals surface area contributed by atoms with Gasteiger partial charge in [0.25, 0.3) is 0 Å². The van der Waals surface area contributed by atoms with Crippen LogP contribution in [0.15, 0.2) is 24.5 Å². The number of fused-ring (bicyclic) bond motifs is 1. The molecule has 3 aromatic rings. The lowest BCUT2D eigenvalue weighted by Crippen LogP contribution is -2.13. The minimum absolute atomic E-state index is 0.0336. The van der Waals surface area contributed by atoms with Gasteiger partial charge in [-0.25, -0.2) is 9.97 Å². The molecule has 3 heterocycles. The van der Waals surface area contributed by atoms with E-state index in [1.54, 1.807) is 6.20 Å². The van der Waals surface area contributed by atoms with Gasteiger partial charge in [0.15, 0.2) is 5.82 Å². The van der Waals surface area contributed by atoms with Gasteiger partial charge in [0.2, 0.25) is 0 Å². The lowest BCUT2D eigenvalue weighted by molar-refractivity contribution is 0.548. The number of aryl methyl sites for hydroxylation is 1. The Bertz CT molecular complexity index is 730. The summed E-state index contributed by atoms with van der Waals surface area (Å²) < 4.78 is 2.00. The van der Waals surface area contributed by atoms with Gasteiger partial charge in [-0.1, -0.05) is 20.8 Å². The molecule has 0 aliphatic rings. The Morgan fingerprint density at radius 2 is 2.00 bits per heavy atom. The number of nitrogens with one attached hydrogen (secondary N) is 1. The van der Waals surface area contributed by atoms with Crippen LogP contribution >= 0.6 is 0 Å². The summed E-state index contributed by atoms with van der Waals surface area (Å²) >= 11 is 0. The van der Waals surface area contributed by atoms with Crippen LogP contribution in [0.1, 0.15) is 26.6 Å². The summed E-state index contributed by atoms with van der Waals surface area (Å²) in [6, 6.07) is 4.00. The number of rotatable bonds is 1. The van der Waals surface area contributed by atoms with Crippen molar-refractivity contribution in [2.75, 3.05) is 0 Å². The van der Waals surface area contributed by atoms with E-state index in [9.17, 15) is 0 Å². The number of nitrogens with zero attached hydrogens (tertiary/aromatic N) is 4. The van der Waals surface area contributed by atoms with Crippen LogP contribution < -0.4 is 0 Å². The fourth-order valence-electron chi connectivity index (χ4n) is 2.08. The van der Waals surface area contributed by atoms with Gasteiger partial charge in [-0.15, -0.1) is 0 Å². The molecule has 0 saturated heterocycles. The first-order valence-corrected chi connectivity index (χ1v) is 6.30. The third kappa shape index (κ3) is 1.91. The molecule has 5 nitrogen and oxygen atoms in total. The van der Waals surface area contributed by atoms with Crippen LogP contribution in [-0.2, 0) is 12.5 Å². The largest absolute Gasteiger partial charge is 0.336 e. The first-order chi connectivity index (χ1) is 8.97. The molecular formula is C14H17N5. The third-order valence-electron chi connectivity index (χ3n) is 3.20. The van der Waals surface area contributed by atoms with Crippen molar-refractivity contribution in [3.8, 4) is 11.4 Å². The van der Waals surface area contributed by atoms with E-state index >= 15 is 0 Å². The van der Waals surface area contributed by atoms with Gasteiger partial charge in [-0.05, 0) is 12.1 Å². The van der Waals surface area contributed by atoms with Gasteiger partial charge in [-0.3, -0.25) is 5.10 Å². The number of aromatic amines is 1. The van der Waals surface area contributed by atoms with E-state index in [4.69, 9.17) is 0 Å². The highest BCUT2D eigenvalue weighted by Crippen LogP contribution is 2.27. The van der Waals surface area contributed by atoms with Crippen LogP contribution in [0.2, 0.25) is 0 Å². The normalized spacial score (nSPS) is 12.2. The van der Waals surface area contributed by atoms with Crippen LogP contribution in [0.3, 0.4) is 0 Å². The summed E-state index contributed by atoms with van der Waals surface area (Å²) in [5.41, 5.74) is 1.92. The molecule has 98 valence electrons. The van der Waals surface area contributed by atoms with Crippen molar-refractivity contribution in [1.82, 2.24) is 24.7 Å². The van der Waals surface area contributed by atoms with Crippen molar-refractivity contribution in [2.24, 2.45) is 7.05 Å². The standard InChI is InChI=1S/C14H17N5/c1-14(2,3)13-16-11(17-18-13)9-5-7-15-12-10(9)6-8-19(12)4/h5-8H,1-4H3,(H,16,17,18). The van der Waals surface area contributed by atoms with Gasteiger partial charge >= 0.3 is 0 Å². The van der Waals surface area contributed by atoms with Crippen molar-refractivity contribution < 1.29 is 0 Å². The molecule has 0 radical (unpaired) electrons. The van der Waals surface area contributed by atoms with Crippen molar-refractivity contribution in [1.29, 1.82) is 0 Å². The maximum absolute atomic E-state index is 4.61. The molecule has 1 N–H and O–H groups in total. The summed E-state index contributed by atoms with van der Waals surface area (Å²) in [5.74, 6) is 1.62. The summed E-state index contributed by atoms with van der Waals surface area (Å²) in [6.07, 6.45) is 3.79. The van der Waals surface area contributed by atoms with E-state index in [-0.39, 0.29) is 5.41 Å². The second-order valence-corrected chi connectivity index (χ2v) is 5.78. The van der Waals surface area contributed by atoms with E-state index in [1.807, 2.05) is 29.9 Å². The predicted octanol–water partition coefficient (Wildman–Crippen LogP) is 2.66. The molecule has 3 aromatic heterocycles. The monoisotopic (exact) mass is 255 g/mol. The molecule has 5 heteroatoms. The van der Waals surface area contributed by atoms with E-state index < -0.39 is 0 Å². The maximum atomic E-state index is 4.61. The lowest BCUT2D eigenvalue weighted by atomic mass is 9.96. The van der Waals surface area contributed by atoms with Gasteiger partial charge in [-0.2, -0.15) is 5.10 Å². The van der Waals surface area contributed by atoms with Crippen molar-refractivity contribution in [3.05, 3.63) is 30.4 Å². The highest BCUT2D eigenvalue weighted by molar-refractivity contribution is 5.91. The Kier molecular flexibility index (Phi) is 2.45. The number of pyridine rings is 1. The number of hydrogen-bond donors (Lipinski definition) is 1. The quantitative estimate of drug-likeness (QED) is 0.727. The topological polar surface area (TPSA) is 59.4 Å². The molecule has 0 fully saturated rings. The SMILES string of the molecule is Cn1ccc2c(-c3n[nH]c(C(C)(C)C)n3)ccnc21. The van der Waals surface area contributed by atoms with E-state index in [2.05, 4.69) is 40.9 Å². The molecule has 0 aliphatic carbocycles. The minimum Gasteiger partial charge on any atom is -0.336 e. The highest BCUT2D eigenvalue weighted by atomic mass is 15.2. The summed E-state index contributed by atoms with van der Waals surface area (Å²) in [4.78, 5) is 8.99. The fraction of sp³-hybridized carbons (Fsp3) is 0.357. The molecule has 0 spiro atoms. The predicted molar refractivity (Wildman–Crippen MR) is 74.8 cm³/mol. The molecular weight excluding hydrogens is 238 g/mol. The fourth-order valence-corrected chi connectivity index (χ4v) is 2.08.